The first kappa shape index (κ1) is 30.3. The summed E-state index contributed by atoms with van der Waals surface area (Å²) in [5.41, 5.74) is 6.83. The molecule has 0 bridgehead atoms. The van der Waals surface area contributed by atoms with Crippen molar-refractivity contribution in [3.8, 4) is 0 Å². The molecule has 3 heterocycles. The Bertz CT molecular complexity index is 1110. The second kappa shape index (κ2) is 14.1. The number of imidazole rings is 1. The quantitative estimate of drug-likeness (QED) is 0.323. The van der Waals surface area contributed by atoms with Crippen LogP contribution < -0.4 is 0 Å². The van der Waals surface area contributed by atoms with E-state index in [1.54, 1.807) is 0 Å². The zero-order valence-electron chi connectivity index (χ0n) is 22.5. The molecule has 7 heteroatoms. The van der Waals surface area contributed by atoms with E-state index in [1.165, 1.54) is 55.7 Å². The summed E-state index contributed by atoms with van der Waals surface area (Å²) in [5, 5.41) is 0. The number of hydrogen-bond acceptors (Lipinski definition) is 4. The molecule has 5 nitrogen and oxygen atoms in total. The van der Waals surface area contributed by atoms with Gasteiger partial charge in [0.05, 0.1) is 6.54 Å². The summed E-state index contributed by atoms with van der Waals surface area (Å²) >= 11 is 0. The van der Waals surface area contributed by atoms with Crippen LogP contribution in [-0.2, 0) is 13.0 Å². The van der Waals surface area contributed by atoms with Crippen LogP contribution in [0.25, 0.3) is 17.2 Å². The maximum absolute atomic E-state index is 4.88. The number of aryl methyl sites for hydroxylation is 3. The smallest absolute Gasteiger partial charge is 0.160 e. The van der Waals surface area contributed by atoms with Crippen LogP contribution in [-0.4, -0.2) is 63.1 Å². The van der Waals surface area contributed by atoms with E-state index < -0.39 is 0 Å². The first-order chi connectivity index (χ1) is 16.5. The molecule has 0 N–H and O–H groups in total. The van der Waals surface area contributed by atoms with Gasteiger partial charge in [0.2, 0.25) is 0 Å². The summed E-state index contributed by atoms with van der Waals surface area (Å²) in [4.78, 5) is 14.9. The summed E-state index contributed by atoms with van der Waals surface area (Å²) in [6.45, 7) is 17.5. The highest BCUT2D eigenvalue weighted by Gasteiger charge is 2.22. The molecule has 2 aromatic heterocycles. The number of benzene rings is 1. The second-order valence-corrected chi connectivity index (χ2v) is 9.62. The van der Waals surface area contributed by atoms with Gasteiger partial charge in [-0.05, 0) is 75.6 Å². The molecule has 4 rings (SSSR count). The number of nitrogens with zero attached hydrogens (tertiary/aromatic N) is 5. The molecule has 0 saturated carbocycles. The van der Waals surface area contributed by atoms with E-state index in [4.69, 9.17) is 9.97 Å². The van der Waals surface area contributed by atoms with Crippen LogP contribution in [0.2, 0.25) is 0 Å². The molecule has 1 aliphatic rings. The molecule has 0 amide bonds. The summed E-state index contributed by atoms with van der Waals surface area (Å²) in [6, 6.07) is 11.8. The zero-order valence-corrected chi connectivity index (χ0v) is 24.2. The minimum Gasteiger partial charge on any atom is -0.308 e. The fourth-order valence-corrected chi connectivity index (χ4v) is 5.35. The molecule has 0 radical (unpaired) electrons. The van der Waals surface area contributed by atoms with Gasteiger partial charge < -0.3 is 9.47 Å². The van der Waals surface area contributed by atoms with E-state index in [0.29, 0.717) is 0 Å². The van der Waals surface area contributed by atoms with Gasteiger partial charge in [-0.15, -0.1) is 24.8 Å². The average Bonchev–Trinajstić information content (AvgIpc) is 3.19. The van der Waals surface area contributed by atoms with Crippen molar-refractivity contribution in [3.63, 3.8) is 0 Å². The Morgan fingerprint density at radius 1 is 0.972 bits per heavy atom. The molecule has 198 valence electrons. The van der Waals surface area contributed by atoms with Crippen LogP contribution in [0.15, 0.2) is 36.4 Å². The van der Waals surface area contributed by atoms with Crippen molar-refractivity contribution < 1.29 is 0 Å². The van der Waals surface area contributed by atoms with Crippen molar-refractivity contribution in [1.29, 1.82) is 0 Å². The summed E-state index contributed by atoms with van der Waals surface area (Å²) in [5.74, 6) is 1.10. The number of halogens is 2. The normalized spacial score (nSPS) is 14.9. The molecule has 0 aliphatic carbocycles. The minimum absolute atomic E-state index is 0. The van der Waals surface area contributed by atoms with Gasteiger partial charge in [-0.2, -0.15) is 0 Å². The molecule has 1 fully saturated rings. The topological polar surface area (TPSA) is 37.2 Å². The largest absolute Gasteiger partial charge is 0.308 e. The van der Waals surface area contributed by atoms with E-state index in [-0.39, 0.29) is 24.8 Å². The van der Waals surface area contributed by atoms with Crippen LogP contribution in [0.4, 0.5) is 0 Å². The van der Waals surface area contributed by atoms with Gasteiger partial charge in [0, 0.05) is 24.7 Å². The zero-order chi connectivity index (χ0) is 24.1. The van der Waals surface area contributed by atoms with Crippen molar-refractivity contribution in [2.75, 3.05) is 32.7 Å². The fraction of sp³-hybridized carbons (Fsp3) is 0.517. The van der Waals surface area contributed by atoms with Gasteiger partial charge >= 0.3 is 0 Å². The molecule has 0 spiro atoms. The van der Waals surface area contributed by atoms with Gasteiger partial charge in [-0.1, -0.05) is 57.2 Å². The molecular formula is C29H43Cl2N5. The van der Waals surface area contributed by atoms with Crippen LogP contribution >= 0.6 is 24.8 Å². The highest BCUT2D eigenvalue weighted by atomic mass is 35.5. The Kier molecular flexibility index (Phi) is 11.9. The fourth-order valence-electron chi connectivity index (χ4n) is 5.35. The van der Waals surface area contributed by atoms with E-state index in [1.807, 2.05) is 0 Å². The monoisotopic (exact) mass is 531 g/mol. The number of piperidine rings is 1. The Hall–Kier alpha value is -1.92. The van der Waals surface area contributed by atoms with E-state index >= 15 is 0 Å². The number of aromatic nitrogens is 3. The molecule has 0 atom stereocenters. The molecule has 1 aliphatic heterocycles. The Morgan fingerprint density at radius 3 is 2.25 bits per heavy atom. The Labute approximate surface area is 229 Å². The van der Waals surface area contributed by atoms with Gasteiger partial charge in [0.1, 0.15) is 11.3 Å². The predicted octanol–water partition coefficient (Wildman–Crippen LogP) is 6.32. The van der Waals surface area contributed by atoms with Crippen molar-refractivity contribution in [3.05, 3.63) is 64.6 Å². The summed E-state index contributed by atoms with van der Waals surface area (Å²) in [7, 11) is 0. The molecule has 1 aromatic carbocycles. The van der Waals surface area contributed by atoms with Crippen LogP contribution in [0.5, 0.6) is 0 Å². The Balaban J connectivity index is 0.00000228. The molecule has 36 heavy (non-hydrogen) atoms. The third-order valence-electron chi connectivity index (χ3n) is 7.30. The van der Waals surface area contributed by atoms with Gasteiger partial charge in [0.25, 0.3) is 0 Å². The number of fused-ring (bicyclic) bond motifs is 1. The molecule has 1 saturated heterocycles. The molecule has 0 unspecified atom stereocenters. The highest BCUT2D eigenvalue weighted by Crippen LogP contribution is 2.21. The van der Waals surface area contributed by atoms with Gasteiger partial charge in [-0.3, -0.25) is 4.90 Å². The molecular weight excluding hydrogens is 489 g/mol. The number of likely N-dealkylation sites (tertiary alicyclic amines) is 1. The lowest BCUT2D eigenvalue weighted by Gasteiger charge is -2.37. The first-order valence-electron chi connectivity index (χ1n) is 13.1. The van der Waals surface area contributed by atoms with Crippen molar-refractivity contribution in [2.24, 2.45) is 0 Å². The Morgan fingerprint density at radius 2 is 1.64 bits per heavy atom. The average molecular weight is 533 g/mol. The van der Waals surface area contributed by atoms with Crippen molar-refractivity contribution >= 4 is 42.1 Å². The summed E-state index contributed by atoms with van der Waals surface area (Å²) in [6.07, 6.45) is 8.07. The maximum Gasteiger partial charge on any atom is 0.160 e. The van der Waals surface area contributed by atoms with Crippen LogP contribution in [0.3, 0.4) is 0 Å². The lowest BCUT2D eigenvalue weighted by molar-refractivity contribution is 0.123. The standard InChI is InChI=1S/C29H41N5.2ClH/c1-6-27-31-28-22(4)20-23(5)30-29(28)34(27)21-25-13-11-24(12-14-25)10-9-17-32-18-15-26(16-19-32)33(7-2)8-3;;/h9-14,20,26H,6-8,15-19,21H2,1-5H3;2*1H. The third-order valence-corrected chi connectivity index (χ3v) is 7.30. The minimum atomic E-state index is 0. The first-order valence-corrected chi connectivity index (χ1v) is 13.1. The van der Waals surface area contributed by atoms with Crippen molar-refractivity contribution in [2.45, 2.75) is 66.5 Å². The number of hydrogen-bond donors (Lipinski definition) is 0. The molecule has 3 aromatic rings. The predicted molar refractivity (Wildman–Crippen MR) is 158 cm³/mol. The third kappa shape index (κ3) is 7.10. The number of pyridine rings is 1. The van der Waals surface area contributed by atoms with E-state index in [2.05, 4.69) is 91.5 Å². The van der Waals surface area contributed by atoms with Gasteiger partial charge in [-0.25, -0.2) is 9.97 Å². The second-order valence-electron chi connectivity index (χ2n) is 9.62. The SMILES string of the molecule is CCc1nc2c(C)cc(C)nc2n1Cc1ccc(C=CCN2CCC(N(CC)CC)CC2)cc1.Cl.Cl. The summed E-state index contributed by atoms with van der Waals surface area (Å²) < 4.78 is 2.28. The van der Waals surface area contributed by atoms with Gasteiger partial charge in [0.15, 0.2) is 5.65 Å². The highest BCUT2D eigenvalue weighted by molar-refractivity contribution is 5.85. The lowest BCUT2D eigenvalue weighted by atomic mass is 10.0. The lowest BCUT2D eigenvalue weighted by Crippen LogP contribution is -2.44. The maximum atomic E-state index is 4.88. The van der Waals surface area contributed by atoms with Crippen molar-refractivity contribution in [1.82, 2.24) is 24.3 Å². The number of rotatable bonds is 9. The van der Waals surface area contributed by atoms with E-state index in [0.717, 1.165) is 48.2 Å². The van der Waals surface area contributed by atoms with Crippen LogP contribution in [0, 0.1) is 13.8 Å². The van der Waals surface area contributed by atoms with Crippen LogP contribution in [0.1, 0.15) is 61.8 Å². The van der Waals surface area contributed by atoms with E-state index in [9.17, 15) is 0 Å².